The van der Waals surface area contributed by atoms with Gasteiger partial charge in [0.15, 0.2) is 11.5 Å². The number of nitrogens with zero attached hydrogens (tertiary/aromatic N) is 1. The number of alkyl halides is 1. The van der Waals surface area contributed by atoms with Crippen LogP contribution < -0.4 is 9.47 Å². The summed E-state index contributed by atoms with van der Waals surface area (Å²) in [4.78, 5) is 0. The first-order valence-corrected chi connectivity index (χ1v) is 7.23. The second-order valence-electron chi connectivity index (χ2n) is 4.45. The maximum absolute atomic E-state index is 8.77. The van der Waals surface area contributed by atoms with Gasteiger partial charge in [-0.3, -0.25) is 0 Å². The van der Waals surface area contributed by atoms with Gasteiger partial charge in [-0.15, -0.1) is 11.6 Å². The fraction of sp³-hybridized carbons (Fsp3) is 0.235. The first kappa shape index (κ1) is 15.2. The summed E-state index contributed by atoms with van der Waals surface area (Å²) in [6.45, 7) is 2.92. The summed E-state index contributed by atoms with van der Waals surface area (Å²) in [6.07, 6.45) is 0. The summed E-state index contributed by atoms with van der Waals surface area (Å²) < 4.78 is 11.4. The average molecular weight is 302 g/mol. The largest absolute Gasteiger partial charge is 0.490 e. The molecule has 0 aliphatic carbocycles. The summed E-state index contributed by atoms with van der Waals surface area (Å²) in [5, 5.41) is 8.77. The second kappa shape index (κ2) is 7.56. The van der Waals surface area contributed by atoms with E-state index < -0.39 is 0 Å². The normalized spacial score (nSPS) is 9.95. The Morgan fingerprint density at radius 3 is 2.33 bits per heavy atom. The molecule has 0 spiro atoms. The van der Waals surface area contributed by atoms with E-state index in [9.17, 15) is 0 Å². The third-order valence-corrected chi connectivity index (χ3v) is 3.25. The number of hydrogen-bond donors (Lipinski definition) is 0. The average Bonchev–Trinajstić information content (AvgIpc) is 2.54. The third kappa shape index (κ3) is 4.14. The Bertz CT molecular complexity index is 632. The molecular formula is C17H16ClNO2. The van der Waals surface area contributed by atoms with Crippen molar-refractivity contribution in [3.8, 4) is 17.6 Å². The highest BCUT2D eigenvalue weighted by Gasteiger charge is 2.06. The van der Waals surface area contributed by atoms with Crippen molar-refractivity contribution in [2.75, 3.05) is 6.61 Å². The smallest absolute Gasteiger partial charge is 0.161 e. The molecule has 2 aromatic carbocycles. The van der Waals surface area contributed by atoms with Crippen LogP contribution in [0.2, 0.25) is 0 Å². The lowest BCUT2D eigenvalue weighted by Gasteiger charge is -2.13. The van der Waals surface area contributed by atoms with E-state index >= 15 is 0 Å². The Morgan fingerprint density at radius 1 is 1.00 bits per heavy atom. The lowest BCUT2D eigenvalue weighted by atomic mass is 10.1. The van der Waals surface area contributed by atoms with Gasteiger partial charge in [0.1, 0.15) is 6.61 Å². The Kier molecular flexibility index (Phi) is 5.48. The van der Waals surface area contributed by atoms with Gasteiger partial charge in [-0.05, 0) is 42.3 Å². The quantitative estimate of drug-likeness (QED) is 0.748. The molecule has 3 nitrogen and oxygen atoms in total. The van der Waals surface area contributed by atoms with Crippen molar-refractivity contribution >= 4 is 11.6 Å². The molecule has 0 radical (unpaired) electrons. The zero-order chi connectivity index (χ0) is 15.1. The predicted octanol–water partition coefficient (Wildman–Crippen LogP) is 4.27. The molecule has 0 unspecified atom stereocenters. The van der Waals surface area contributed by atoms with Crippen molar-refractivity contribution in [2.24, 2.45) is 0 Å². The van der Waals surface area contributed by atoms with E-state index in [0.29, 0.717) is 36.2 Å². The molecule has 0 bridgehead atoms. The van der Waals surface area contributed by atoms with Gasteiger partial charge in [0.05, 0.1) is 18.2 Å². The van der Waals surface area contributed by atoms with Gasteiger partial charge in [-0.25, -0.2) is 0 Å². The molecule has 0 saturated heterocycles. The molecule has 0 heterocycles. The summed E-state index contributed by atoms with van der Waals surface area (Å²) in [5.74, 6) is 1.83. The van der Waals surface area contributed by atoms with Crippen LogP contribution in [0.3, 0.4) is 0 Å². The summed E-state index contributed by atoms with van der Waals surface area (Å²) in [7, 11) is 0. The minimum absolute atomic E-state index is 0.423. The van der Waals surface area contributed by atoms with Crippen LogP contribution in [-0.2, 0) is 12.5 Å². The lowest BCUT2D eigenvalue weighted by molar-refractivity contribution is 0.269. The highest BCUT2D eigenvalue weighted by Crippen LogP contribution is 2.29. The zero-order valence-electron chi connectivity index (χ0n) is 11.8. The lowest BCUT2D eigenvalue weighted by Crippen LogP contribution is -2.00. The molecule has 2 rings (SSSR count). The van der Waals surface area contributed by atoms with E-state index in [0.717, 1.165) is 11.1 Å². The van der Waals surface area contributed by atoms with Crippen LogP contribution in [0, 0.1) is 11.3 Å². The van der Waals surface area contributed by atoms with Crippen molar-refractivity contribution in [1.82, 2.24) is 0 Å². The van der Waals surface area contributed by atoms with E-state index in [-0.39, 0.29) is 0 Å². The molecular weight excluding hydrogens is 286 g/mol. The molecule has 0 aliphatic rings. The molecule has 0 amide bonds. The van der Waals surface area contributed by atoms with Gasteiger partial charge in [-0.1, -0.05) is 18.2 Å². The maximum atomic E-state index is 8.77. The summed E-state index contributed by atoms with van der Waals surface area (Å²) in [6, 6.07) is 15.1. The minimum atomic E-state index is 0.423. The van der Waals surface area contributed by atoms with Crippen LogP contribution in [0.25, 0.3) is 0 Å². The van der Waals surface area contributed by atoms with E-state index in [4.69, 9.17) is 26.3 Å². The molecule has 21 heavy (non-hydrogen) atoms. The van der Waals surface area contributed by atoms with Crippen molar-refractivity contribution in [2.45, 2.75) is 19.4 Å². The predicted molar refractivity (Wildman–Crippen MR) is 82.7 cm³/mol. The summed E-state index contributed by atoms with van der Waals surface area (Å²) >= 11 is 5.83. The van der Waals surface area contributed by atoms with Gasteiger partial charge in [-0.2, -0.15) is 5.26 Å². The van der Waals surface area contributed by atoms with Crippen LogP contribution in [0.5, 0.6) is 11.5 Å². The number of halogens is 1. The minimum Gasteiger partial charge on any atom is -0.490 e. The van der Waals surface area contributed by atoms with Gasteiger partial charge >= 0.3 is 0 Å². The van der Waals surface area contributed by atoms with Crippen molar-refractivity contribution in [3.05, 3.63) is 59.2 Å². The van der Waals surface area contributed by atoms with Crippen molar-refractivity contribution in [3.63, 3.8) is 0 Å². The number of ether oxygens (including phenoxy) is 2. The van der Waals surface area contributed by atoms with Crippen LogP contribution in [0.1, 0.15) is 23.6 Å². The number of hydrogen-bond acceptors (Lipinski definition) is 3. The van der Waals surface area contributed by atoms with Crippen LogP contribution in [0.15, 0.2) is 42.5 Å². The van der Waals surface area contributed by atoms with E-state index in [1.165, 1.54) is 0 Å². The molecule has 0 saturated carbocycles. The third-order valence-electron chi connectivity index (χ3n) is 2.94. The molecule has 0 aliphatic heterocycles. The van der Waals surface area contributed by atoms with E-state index in [2.05, 4.69) is 6.07 Å². The second-order valence-corrected chi connectivity index (χ2v) is 4.71. The molecule has 0 fully saturated rings. The van der Waals surface area contributed by atoms with Gasteiger partial charge in [0.2, 0.25) is 0 Å². The molecule has 0 atom stereocenters. The standard InChI is InChI=1S/C17H16ClNO2/c1-2-20-17-9-15(10-18)7-8-16(17)21-12-14-5-3-13(11-19)4-6-14/h3-9H,2,10,12H2,1H3. The van der Waals surface area contributed by atoms with Gasteiger partial charge in [0.25, 0.3) is 0 Å². The fourth-order valence-corrected chi connectivity index (χ4v) is 2.03. The number of rotatable bonds is 6. The first-order valence-electron chi connectivity index (χ1n) is 6.70. The SMILES string of the molecule is CCOc1cc(CCl)ccc1OCc1ccc(C#N)cc1. The van der Waals surface area contributed by atoms with E-state index in [1.807, 2.05) is 37.3 Å². The molecule has 0 N–H and O–H groups in total. The van der Waals surface area contributed by atoms with Crippen LogP contribution in [0.4, 0.5) is 0 Å². The first-order chi connectivity index (χ1) is 10.3. The molecule has 0 aromatic heterocycles. The molecule has 4 heteroatoms. The van der Waals surface area contributed by atoms with Gasteiger partial charge < -0.3 is 9.47 Å². The number of benzene rings is 2. The Morgan fingerprint density at radius 2 is 1.71 bits per heavy atom. The van der Waals surface area contributed by atoms with E-state index in [1.54, 1.807) is 12.1 Å². The van der Waals surface area contributed by atoms with Gasteiger partial charge in [0, 0.05) is 5.88 Å². The van der Waals surface area contributed by atoms with Crippen molar-refractivity contribution < 1.29 is 9.47 Å². The Labute approximate surface area is 129 Å². The van der Waals surface area contributed by atoms with Crippen LogP contribution in [-0.4, -0.2) is 6.61 Å². The molecule has 2 aromatic rings. The highest BCUT2D eigenvalue weighted by atomic mass is 35.5. The highest BCUT2D eigenvalue weighted by molar-refractivity contribution is 6.17. The van der Waals surface area contributed by atoms with Crippen LogP contribution >= 0.6 is 11.6 Å². The van der Waals surface area contributed by atoms with Crippen molar-refractivity contribution in [1.29, 1.82) is 5.26 Å². The Hall–Kier alpha value is -2.18. The molecule has 108 valence electrons. The fourth-order valence-electron chi connectivity index (χ4n) is 1.86. The topological polar surface area (TPSA) is 42.2 Å². The zero-order valence-corrected chi connectivity index (χ0v) is 12.6. The Balaban J connectivity index is 2.09. The maximum Gasteiger partial charge on any atom is 0.161 e. The monoisotopic (exact) mass is 301 g/mol. The number of nitriles is 1. The summed E-state index contributed by atoms with van der Waals surface area (Å²) in [5.41, 5.74) is 2.63.